The Hall–Kier alpha value is -3.28. The summed E-state index contributed by atoms with van der Waals surface area (Å²) in [5.74, 6) is 0. The molecule has 0 spiro atoms. The second-order valence-electron chi connectivity index (χ2n) is 7.76. The summed E-state index contributed by atoms with van der Waals surface area (Å²) in [7, 11) is 1.70. The van der Waals surface area contributed by atoms with E-state index in [1.807, 2.05) is 23.1 Å². The van der Waals surface area contributed by atoms with E-state index in [-0.39, 0.29) is 17.6 Å². The highest BCUT2D eigenvalue weighted by Gasteiger charge is 2.27. The van der Waals surface area contributed by atoms with Gasteiger partial charge in [0.25, 0.3) is 5.56 Å². The van der Waals surface area contributed by atoms with E-state index in [4.69, 9.17) is 0 Å². The van der Waals surface area contributed by atoms with Crippen LogP contribution in [0.25, 0.3) is 10.8 Å². The first kappa shape index (κ1) is 19.1. The predicted octanol–water partition coefficient (Wildman–Crippen LogP) is 3.59. The van der Waals surface area contributed by atoms with Crippen LogP contribution in [0.2, 0.25) is 0 Å². The lowest BCUT2D eigenvalue weighted by Crippen LogP contribution is -2.54. The van der Waals surface area contributed by atoms with Crippen molar-refractivity contribution in [2.75, 3.05) is 29.9 Å². The molecule has 6 nitrogen and oxygen atoms in total. The van der Waals surface area contributed by atoms with Crippen molar-refractivity contribution in [2.24, 2.45) is 7.05 Å². The maximum Gasteiger partial charge on any atom is 0.322 e. The Bertz CT molecular complexity index is 1120. The molecule has 1 atom stereocenters. The minimum atomic E-state index is -0.135. The molecule has 29 heavy (non-hydrogen) atoms. The third-order valence-electron chi connectivity index (χ3n) is 5.58. The summed E-state index contributed by atoms with van der Waals surface area (Å²) in [6.07, 6.45) is 1.69. The number of fused-ring (bicyclic) bond motifs is 1. The summed E-state index contributed by atoms with van der Waals surface area (Å²) in [4.78, 5) is 29.5. The van der Waals surface area contributed by atoms with E-state index in [1.165, 1.54) is 15.8 Å². The van der Waals surface area contributed by atoms with Crippen molar-refractivity contribution < 1.29 is 4.79 Å². The van der Waals surface area contributed by atoms with Gasteiger partial charge in [0.2, 0.25) is 0 Å². The standard InChI is InChI=1S/C23H26N4O2/c1-16-7-6-8-18(13-16)27-12-11-26(14-17(27)2)23(29)24-21-15-25(3)22(28)20-10-5-4-9-19(20)21/h4-10,13,15,17H,11-12,14H2,1-3H3,(H,24,29)/t17-/m0/s1. The molecule has 1 aliphatic rings. The van der Waals surface area contributed by atoms with E-state index in [0.717, 1.165) is 11.9 Å². The van der Waals surface area contributed by atoms with Crippen LogP contribution in [0.1, 0.15) is 12.5 Å². The highest BCUT2D eigenvalue weighted by molar-refractivity contribution is 6.01. The molecule has 1 saturated heterocycles. The van der Waals surface area contributed by atoms with Crippen LogP contribution >= 0.6 is 0 Å². The number of pyridine rings is 1. The van der Waals surface area contributed by atoms with E-state index in [0.29, 0.717) is 24.2 Å². The zero-order chi connectivity index (χ0) is 20.5. The molecule has 1 fully saturated rings. The molecular weight excluding hydrogens is 364 g/mol. The molecule has 6 heteroatoms. The van der Waals surface area contributed by atoms with Gasteiger partial charge in [-0.2, -0.15) is 0 Å². The number of hydrogen-bond acceptors (Lipinski definition) is 3. The molecule has 0 saturated carbocycles. The number of benzene rings is 2. The number of nitrogens with zero attached hydrogens (tertiary/aromatic N) is 3. The minimum absolute atomic E-state index is 0.0704. The zero-order valence-corrected chi connectivity index (χ0v) is 17.1. The highest BCUT2D eigenvalue weighted by Crippen LogP contribution is 2.24. The Kier molecular flexibility index (Phi) is 5.01. The summed E-state index contributed by atoms with van der Waals surface area (Å²) < 4.78 is 1.51. The number of carbonyl (C=O) groups excluding carboxylic acids is 1. The molecule has 2 amide bonds. The first-order valence-electron chi connectivity index (χ1n) is 9.91. The first-order chi connectivity index (χ1) is 13.9. The van der Waals surface area contributed by atoms with Crippen molar-refractivity contribution in [1.29, 1.82) is 0 Å². The van der Waals surface area contributed by atoms with Gasteiger partial charge in [-0.3, -0.25) is 4.79 Å². The SMILES string of the molecule is Cc1cccc(N2CCN(C(=O)Nc3cn(C)c(=O)c4ccccc34)C[C@@H]2C)c1. The molecule has 3 aromatic rings. The Labute approximate surface area is 170 Å². The lowest BCUT2D eigenvalue weighted by Gasteiger charge is -2.41. The molecule has 4 rings (SSSR count). The van der Waals surface area contributed by atoms with Gasteiger partial charge in [0.15, 0.2) is 0 Å². The van der Waals surface area contributed by atoms with E-state index in [9.17, 15) is 9.59 Å². The number of aromatic nitrogens is 1. The summed E-state index contributed by atoms with van der Waals surface area (Å²) in [5, 5.41) is 4.38. The second-order valence-corrected chi connectivity index (χ2v) is 7.76. The van der Waals surface area contributed by atoms with Gasteiger partial charge in [0, 0.05) is 55.4 Å². The van der Waals surface area contributed by atoms with Crippen LogP contribution in [0.5, 0.6) is 0 Å². The smallest absolute Gasteiger partial charge is 0.322 e. The lowest BCUT2D eigenvalue weighted by molar-refractivity contribution is 0.200. The van der Waals surface area contributed by atoms with Crippen LogP contribution < -0.4 is 15.8 Å². The van der Waals surface area contributed by atoms with Gasteiger partial charge < -0.3 is 19.7 Å². The van der Waals surface area contributed by atoms with Gasteiger partial charge in [-0.25, -0.2) is 4.79 Å². The normalized spacial score (nSPS) is 16.9. The number of rotatable bonds is 2. The summed E-state index contributed by atoms with van der Waals surface area (Å²) in [6, 6.07) is 15.9. The average molecular weight is 390 g/mol. The molecule has 0 radical (unpaired) electrons. The molecule has 1 aliphatic heterocycles. The number of piperazine rings is 1. The highest BCUT2D eigenvalue weighted by atomic mass is 16.2. The van der Waals surface area contributed by atoms with Crippen molar-refractivity contribution in [3.05, 3.63) is 70.6 Å². The molecule has 2 aromatic carbocycles. The van der Waals surface area contributed by atoms with Crippen molar-refractivity contribution in [3.63, 3.8) is 0 Å². The van der Waals surface area contributed by atoms with Crippen molar-refractivity contribution in [3.8, 4) is 0 Å². The van der Waals surface area contributed by atoms with E-state index in [1.54, 1.807) is 19.3 Å². The third kappa shape index (κ3) is 3.70. The Morgan fingerprint density at radius 2 is 1.83 bits per heavy atom. The van der Waals surface area contributed by atoms with E-state index >= 15 is 0 Å². The number of urea groups is 1. The molecule has 2 heterocycles. The van der Waals surface area contributed by atoms with Gasteiger partial charge in [-0.15, -0.1) is 0 Å². The van der Waals surface area contributed by atoms with Crippen molar-refractivity contribution >= 4 is 28.2 Å². The molecule has 1 N–H and O–H groups in total. The maximum atomic E-state index is 13.0. The molecular formula is C23H26N4O2. The minimum Gasteiger partial charge on any atom is -0.365 e. The van der Waals surface area contributed by atoms with Crippen LogP contribution in [0, 0.1) is 6.92 Å². The molecule has 1 aromatic heterocycles. The molecule has 150 valence electrons. The number of anilines is 2. The fraction of sp³-hybridized carbons (Fsp3) is 0.304. The monoisotopic (exact) mass is 390 g/mol. The topological polar surface area (TPSA) is 57.6 Å². The van der Waals surface area contributed by atoms with E-state index < -0.39 is 0 Å². The van der Waals surface area contributed by atoms with Crippen molar-refractivity contribution in [2.45, 2.75) is 19.9 Å². The summed E-state index contributed by atoms with van der Waals surface area (Å²) >= 11 is 0. The molecule has 0 aliphatic carbocycles. The molecule has 0 bridgehead atoms. The number of hydrogen-bond donors (Lipinski definition) is 1. The Morgan fingerprint density at radius 3 is 2.55 bits per heavy atom. The van der Waals surface area contributed by atoms with Gasteiger partial charge in [-0.05, 0) is 37.6 Å². The number of carbonyl (C=O) groups is 1. The van der Waals surface area contributed by atoms with Crippen LogP contribution in [-0.4, -0.2) is 41.2 Å². The third-order valence-corrected chi connectivity index (χ3v) is 5.58. The zero-order valence-electron chi connectivity index (χ0n) is 17.1. The second kappa shape index (κ2) is 7.62. The van der Waals surface area contributed by atoms with Gasteiger partial charge in [0.1, 0.15) is 0 Å². The predicted molar refractivity (Wildman–Crippen MR) is 118 cm³/mol. The lowest BCUT2D eigenvalue weighted by atomic mass is 10.1. The molecule has 0 unspecified atom stereocenters. The van der Waals surface area contributed by atoms with Crippen LogP contribution in [-0.2, 0) is 7.05 Å². The van der Waals surface area contributed by atoms with Crippen molar-refractivity contribution in [1.82, 2.24) is 9.47 Å². The fourth-order valence-corrected chi connectivity index (χ4v) is 4.04. The fourth-order valence-electron chi connectivity index (χ4n) is 4.04. The maximum absolute atomic E-state index is 13.0. The quantitative estimate of drug-likeness (QED) is 0.728. The summed E-state index contributed by atoms with van der Waals surface area (Å²) in [5.41, 5.74) is 3.01. The van der Waals surface area contributed by atoms with Gasteiger partial charge >= 0.3 is 6.03 Å². The van der Waals surface area contributed by atoms with Crippen LogP contribution in [0.3, 0.4) is 0 Å². The number of aryl methyl sites for hydroxylation is 2. The van der Waals surface area contributed by atoms with Gasteiger partial charge in [0.05, 0.1) is 5.69 Å². The van der Waals surface area contributed by atoms with Crippen LogP contribution in [0.4, 0.5) is 16.2 Å². The van der Waals surface area contributed by atoms with E-state index in [2.05, 4.69) is 48.3 Å². The Morgan fingerprint density at radius 1 is 1.07 bits per heavy atom. The summed E-state index contributed by atoms with van der Waals surface area (Å²) in [6.45, 7) is 6.31. The first-order valence-corrected chi connectivity index (χ1v) is 9.91. The van der Waals surface area contributed by atoms with Crippen LogP contribution in [0.15, 0.2) is 59.5 Å². The Balaban J connectivity index is 1.52. The average Bonchev–Trinajstić information content (AvgIpc) is 2.71. The number of amides is 2. The van der Waals surface area contributed by atoms with Gasteiger partial charge in [-0.1, -0.05) is 30.3 Å². The largest absolute Gasteiger partial charge is 0.365 e. The number of nitrogens with one attached hydrogen (secondary N) is 1.